The van der Waals surface area contributed by atoms with Gasteiger partial charge in [-0.15, -0.1) is 11.3 Å². The van der Waals surface area contributed by atoms with E-state index in [0.29, 0.717) is 0 Å². The van der Waals surface area contributed by atoms with Crippen molar-refractivity contribution in [2.45, 2.75) is 19.9 Å². The van der Waals surface area contributed by atoms with E-state index >= 15 is 0 Å². The van der Waals surface area contributed by atoms with Crippen LogP contribution in [-0.4, -0.2) is 17.6 Å². The SMILES string of the molecule is C=C(C)CNCc1ccc(CC(=O)O)s1. The molecule has 4 heteroatoms. The molecule has 1 aromatic rings. The molecule has 0 aliphatic rings. The van der Waals surface area contributed by atoms with Crippen molar-refractivity contribution >= 4 is 17.3 Å². The molecule has 1 aromatic heterocycles. The molecule has 0 radical (unpaired) electrons. The third-order valence-electron chi connectivity index (χ3n) is 1.77. The molecule has 0 fully saturated rings. The van der Waals surface area contributed by atoms with Crippen LogP contribution in [0.1, 0.15) is 16.7 Å². The molecule has 0 saturated heterocycles. The Kier molecular flexibility index (Phi) is 4.52. The summed E-state index contributed by atoms with van der Waals surface area (Å²) in [7, 11) is 0. The Morgan fingerprint density at radius 3 is 2.80 bits per heavy atom. The van der Waals surface area contributed by atoms with E-state index in [-0.39, 0.29) is 6.42 Å². The highest BCUT2D eigenvalue weighted by molar-refractivity contribution is 7.12. The van der Waals surface area contributed by atoms with Gasteiger partial charge < -0.3 is 10.4 Å². The molecule has 0 aliphatic heterocycles. The first-order valence-corrected chi connectivity index (χ1v) is 5.54. The van der Waals surface area contributed by atoms with E-state index in [0.717, 1.165) is 28.4 Å². The lowest BCUT2D eigenvalue weighted by Gasteiger charge is -2.00. The fourth-order valence-electron chi connectivity index (χ4n) is 1.16. The van der Waals surface area contributed by atoms with Crippen molar-refractivity contribution in [2.24, 2.45) is 0 Å². The van der Waals surface area contributed by atoms with Crippen molar-refractivity contribution in [3.05, 3.63) is 34.0 Å². The maximum Gasteiger partial charge on any atom is 0.308 e. The van der Waals surface area contributed by atoms with Gasteiger partial charge in [0.15, 0.2) is 0 Å². The highest BCUT2D eigenvalue weighted by Gasteiger charge is 2.03. The first-order chi connectivity index (χ1) is 7.08. The van der Waals surface area contributed by atoms with E-state index in [1.54, 1.807) is 0 Å². The minimum atomic E-state index is -0.779. The predicted molar refractivity (Wildman–Crippen MR) is 62.2 cm³/mol. The van der Waals surface area contributed by atoms with E-state index in [9.17, 15) is 4.79 Å². The van der Waals surface area contributed by atoms with Crippen LogP contribution < -0.4 is 5.32 Å². The molecule has 0 spiro atoms. The topological polar surface area (TPSA) is 49.3 Å². The normalized spacial score (nSPS) is 10.2. The van der Waals surface area contributed by atoms with Gasteiger partial charge in [-0.05, 0) is 19.1 Å². The Balaban J connectivity index is 2.39. The number of hydrogen-bond donors (Lipinski definition) is 2. The molecular weight excluding hydrogens is 210 g/mol. The summed E-state index contributed by atoms with van der Waals surface area (Å²) < 4.78 is 0. The molecular formula is C11H15NO2S. The number of thiophene rings is 1. The number of aliphatic carboxylic acids is 1. The van der Waals surface area contributed by atoms with Gasteiger partial charge in [0, 0.05) is 22.8 Å². The highest BCUT2D eigenvalue weighted by atomic mass is 32.1. The average molecular weight is 225 g/mol. The lowest BCUT2D eigenvalue weighted by molar-refractivity contribution is -0.136. The molecule has 1 rings (SSSR count). The van der Waals surface area contributed by atoms with Crippen molar-refractivity contribution in [2.75, 3.05) is 6.54 Å². The minimum Gasteiger partial charge on any atom is -0.481 e. The van der Waals surface area contributed by atoms with Crippen molar-refractivity contribution in [3.8, 4) is 0 Å². The zero-order valence-corrected chi connectivity index (χ0v) is 9.56. The van der Waals surface area contributed by atoms with Crippen molar-refractivity contribution < 1.29 is 9.90 Å². The van der Waals surface area contributed by atoms with E-state index < -0.39 is 5.97 Å². The summed E-state index contributed by atoms with van der Waals surface area (Å²) in [5.41, 5.74) is 1.09. The van der Waals surface area contributed by atoms with Crippen LogP contribution >= 0.6 is 11.3 Å². The molecule has 0 atom stereocenters. The lowest BCUT2D eigenvalue weighted by atomic mass is 10.3. The fourth-order valence-corrected chi connectivity index (χ4v) is 2.14. The molecule has 1 heterocycles. The summed E-state index contributed by atoms with van der Waals surface area (Å²) in [6, 6.07) is 3.84. The van der Waals surface area contributed by atoms with Gasteiger partial charge >= 0.3 is 5.97 Å². The maximum absolute atomic E-state index is 10.5. The average Bonchev–Trinajstić information content (AvgIpc) is 2.50. The Labute approximate surface area is 93.4 Å². The van der Waals surface area contributed by atoms with Gasteiger partial charge in [0.2, 0.25) is 0 Å². The van der Waals surface area contributed by atoms with Crippen LogP contribution in [0.4, 0.5) is 0 Å². The second kappa shape index (κ2) is 5.68. The predicted octanol–water partition coefficient (Wildman–Crippen LogP) is 2.04. The van der Waals surface area contributed by atoms with Gasteiger partial charge in [0.05, 0.1) is 6.42 Å². The zero-order chi connectivity index (χ0) is 11.3. The standard InChI is InChI=1S/C11H15NO2S/c1-8(2)6-12-7-10-4-3-9(15-10)5-11(13)14/h3-4,12H,1,5-7H2,2H3,(H,13,14). The number of carboxylic acid groups (broad SMARTS) is 1. The monoisotopic (exact) mass is 225 g/mol. The second-order valence-electron chi connectivity index (χ2n) is 3.50. The molecule has 0 saturated carbocycles. The van der Waals surface area contributed by atoms with Crippen LogP contribution in [0.15, 0.2) is 24.3 Å². The van der Waals surface area contributed by atoms with E-state index in [2.05, 4.69) is 11.9 Å². The first-order valence-electron chi connectivity index (χ1n) is 4.72. The Bertz CT molecular complexity index is 357. The smallest absolute Gasteiger partial charge is 0.308 e. The second-order valence-corrected chi connectivity index (χ2v) is 4.75. The lowest BCUT2D eigenvalue weighted by Crippen LogP contribution is -2.14. The zero-order valence-electron chi connectivity index (χ0n) is 8.75. The van der Waals surface area contributed by atoms with Gasteiger partial charge in [0.1, 0.15) is 0 Å². The highest BCUT2D eigenvalue weighted by Crippen LogP contribution is 2.16. The quantitative estimate of drug-likeness (QED) is 0.728. The minimum absolute atomic E-state index is 0.116. The van der Waals surface area contributed by atoms with Crippen molar-refractivity contribution in [1.29, 1.82) is 0 Å². The largest absolute Gasteiger partial charge is 0.481 e. The van der Waals surface area contributed by atoms with E-state index in [4.69, 9.17) is 5.11 Å². The van der Waals surface area contributed by atoms with Gasteiger partial charge in [-0.3, -0.25) is 4.79 Å². The molecule has 0 aromatic carbocycles. The van der Waals surface area contributed by atoms with Crippen LogP contribution in [0.5, 0.6) is 0 Å². The third-order valence-corrected chi connectivity index (χ3v) is 2.85. The number of nitrogens with one attached hydrogen (secondary N) is 1. The van der Waals surface area contributed by atoms with E-state index in [1.807, 2.05) is 19.1 Å². The van der Waals surface area contributed by atoms with Crippen LogP contribution in [0.3, 0.4) is 0 Å². The van der Waals surface area contributed by atoms with E-state index in [1.165, 1.54) is 11.3 Å². The number of carboxylic acids is 1. The molecule has 3 nitrogen and oxygen atoms in total. The Morgan fingerprint density at radius 2 is 2.20 bits per heavy atom. The number of rotatable bonds is 6. The van der Waals surface area contributed by atoms with Gasteiger partial charge in [-0.2, -0.15) is 0 Å². The molecule has 0 amide bonds. The van der Waals surface area contributed by atoms with Gasteiger partial charge in [0.25, 0.3) is 0 Å². The molecule has 0 aliphatic carbocycles. The molecule has 2 N–H and O–H groups in total. The van der Waals surface area contributed by atoms with Crippen LogP contribution in [-0.2, 0) is 17.8 Å². The number of carbonyl (C=O) groups is 1. The van der Waals surface area contributed by atoms with Crippen LogP contribution in [0.25, 0.3) is 0 Å². The molecule has 82 valence electrons. The summed E-state index contributed by atoms with van der Waals surface area (Å²) in [6.07, 6.45) is 0.116. The summed E-state index contributed by atoms with van der Waals surface area (Å²) in [5.74, 6) is -0.779. The summed E-state index contributed by atoms with van der Waals surface area (Å²) in [5, 5.41) is 11.8. The van der Waals surface area contributed by atoms with Crippen molar-refractivity contribution in [3.63, 3.8) is 0 Å². The Morgan fingerprint density at radius 1 is 1.53 bits per heavy atom. The molecule has 0 bridgehead atoms. The third kappa shape index (κ3) is 4.76. The van der Waals surface area contributed by atoms with Crippen LogP contribution in [0, 0.1) is 0 Å². The Hall–Kier alpha value is -1.13. The first kappa shape index (κ1) is 11.9. The molecule has 0 unspecified atom stereocenters. The van der Waals surface area contributed by atoms with Gasteiger partial charge in [-0.25, -0.2) is 0 Å². The summed E-state index contributed by atoms with van der Waals surface area (Å²) in [6.45, 7) is 7.34. The van der Waals surface area contributed by atoms with Gasteiger partial charge in [-0.1, -0.05) is 12.2 Å². The van der Waals surface area contributed by atoms with Crippen LogP contribution in [0.2, 0.25) is 0 Å². The summed E-state index contributed by atoms with van der Waals surface area (Å²) >= 11 is 1.54. The summed E-state index contributed by atoms with van der Waals surface area (Å²) in [4.78, 5) is 12.5. The number of hydrogen-bond acceptors (Lipinski definition) is 3. The molecule has 15 heavy (non-hydrogen) atoms. The van der Waals surface area contributed by atoms with Crippen molar-refractivity contribution in [1.82, 2.24) is 5.32 Å². The fraction of sp³-hybridized carbons (Fsp3) is 0.364. The maximum atomic E-state index is 10.5.